The number of benzene rings is 1. The fourth-order valence-electron chi connectivity index (χ4n) is 3.85. The van der Waals surface area contributed by atoms with Crippen LogP contribution in [0.2, 0.25) is 0 Å². The Hall–Kier alpha value is -4.39. The molecule has 0 aliphatic heterocycles. The molecule has 2 aromatic heterocycles. The summed E-state index contributed by atoms with van der Waals surface area (Å²) in [6.45, 7) is 1.34. The molecule has 36 heavy (non-hydrogen) atoms. The van der Waals surface area contributed by atoms with Crippen LogP contribution >= 0.6 is 0 Å². The third kappa shape index (κ3) is 5.15. The summed E-state index contributed by atoms with van der Waals surface area (Å²) in [5.74, 6) is 4.64. The van der Waals surface area contributed by atoms with Crippen LogP contribution in [0.25, 0.3) is 5.65 Å². The van der Waals surface area contributed by atoms with Gasteiger partial charge < -0.3 is 20.5 Å². The largest absolute Gasteiger partial charge is 0.393 e. The molecule has 7 N–H and O–H groups in total. The number of aromatic nitrogens is 2. The fourth-order valence-corrected chi connectivity index (χ4v) is 3.85. The Labute approximate surface area is 205 Å². The van der Waals surface area contributed by atoms with Crippen LogP contribution in [0.1, 0.15) is 41.1 Å². The lowest BCUT2D eigenvalue weighted by atomic mass is 10.1. The number of halogens is 2. The zero-order valence-electron chi connectivity index (χ0n) is 19.5. The molecule has 0 bridgehead atoms. The van der Waals surface area contributed by atoms with Gasteiger partial charge in [-0.2, -0.15) is 5.53 Å². The van der Waals surface area contributed by atoms with Gasteiger partial charge in [-0.25, -0.2) is 24.6 Å². The van der Waals surface area contributed by atoms with E-state index in [0.29, 0.717) is 17.2 Å². The number of imidazole rings is 1. The van der Waals surface area contributed by atoms with Crippen LogP contribution in [0.3, 0.4) is 0 Å². The Bertz CT molecular complexity index is 1360. The molecule has 3 aromatic rings. The van der Waals surface area contributed by atoms with Crippen molar-refractivity contribution in [3.05, 3.63) is 76.5 Å². The van der Waals surface area contributed by atoms with Gasteiger partial charge in [0.25, 0.3) is 5.91 Å². The maximum absolute atomic E-state index is 14.7. The summed E-state index contributed by atoms with van der Waals surface area (Å²) in [6, 6.07) is 4.49. The summed E-state index contributed by atoms with van der Waals surface area (Å²) >= 11 is 0. The van der Waals surface area contributed by atoms with Gasteiger partial charge in [-0.05, 0) is 48.9 Å². The summed E-state index contributed by atoms with van der Waals surface area (Å²) in [6.07, 6.45) is 7.57. The number of anilines is 1. The number of amides is 1. The van der Waals surface area contributed by atoms with E-state index in [1.165, 1.54) is 24.4 Å². The molecule has 1 fully saturated rings. The summed E-state index contributed by atoms with van der Waals surface area (Å²) < 4.78 is 30.8. The van der Waals surface area contributed by atoms with Crippen LogP contribution in [0, 0.1) is 29.5 Å². The van der Waals surface area contributed by atoms with Crippen LogP contribution in [0.4, 0.5) is 14.5 Å². The average molecular weight is 497 g/mol. The van der Waals surface area contributed by atoms with Crippen molar-refractivity contribution in [2.75, 3.05) is 5.01 Å². The molecule has 0 radical (unpaired) electrons. The first kappa shape index (κ1) is 24.7. The highest BCUT2D eigenvalue weighted by Crippen LogP contribution is 2.40. The van der Waals surface area contributed by atoms with Crippen molar-refractivity contribution in [1.82, 2.24) is 19.7 Å². The normalized spacial score (nSPS) is 13.5. The highest BCUT2D eigenvalue weighted by molar-refractivity contribution is 5.92. The highest BCUT2D eigenvalue weighted by Gasteiger charge is 2.25. The molecular formula is C23H26F2N10O. The van der Waals surface area contributed by atoms with E-state index in [-0.39, 0.29) is 35.7 Å². The maximum Gasteiger partial charge on any atom is 0.268 e. The number of aryl methyl sites for hydroxylation is 1. The lowest BCUT2D eigenvalue weighted by Gasteiger charge is -2.18. The number of hydrazine groups is 1. The first-order valence-corrected chi connectivity index (χ1v) is 11.1. The topological polar surface area (TPSA) is 165 Å². The Morgan fingerprint density at radius 1 is 1.36 bits per heavy atom. The molecule has 1 aliphatic rings. The summed E-state index contributed by atoms with van der Waals surface area (Å²) in [5.41, 5.74) is 14.9. The number of nitrogens with one attached hydrogen (secondary N) is 3. The number of fused-ring (bicyclic) bond motifs is 1. The van der Waals surface area contributed by atoms with E-state index in [4.69, 9.17) is 22.5 Å². The lowest BCUT2D eigenvalue weighted by Crippen LogP contribution is -2.33. The van der Waals surface area contributed by atoms with Gasteiger partial charge >= 0.3 is 0 Å². The van der Waals surface area contributed by atoms with Crippen molar-refractivity contribution >= 4 is 23.6 Å². The van der Waals surface area contributed by atoms with E-state index in [1.807, 2.05) is 6.20 Å². The van der Waals surface area contributed by atoms with Crippen molar-refractivity contribution < 1.29 is 13.6 Å². The number of pyridine rings is 1. The van der Waals surface area contributed by atoms with Gasteiger partial charge in [0.15, 0.2) is 11.5 Å². The van der Waals surface area contributed by atoms with Gasteiger partial charge in [-0.3, -0.25) is 10.2 Å². The van der Waals surface area contributed by atoms with Gasteiger partial charge in [-0.1, -0.05) is 11.3 Å². The van der Waals surface area contributed by atoms with Crippen LogP contribution in [-0.4, -0.2) is 26.6 Å². The maximum atomic E-state index is 14.7. The predicted molar refractivity (Wildman–Crippen MR) is 129 cm³/mol. The minimum Gasteiger partial charge on any atom is -0.393 e. The van der Waals surface area contributed by atoms with Gasteiger partial charge in [0.1, 0.15) is 17.9 Å². The predicted octanol–water partition coefficient (Wildman–Crippen LogP) is 2.95. The van der Waals surface area contributed by atoms with Crippen molar-refractivity contribution in [3.8, 4) is 0 Å². The molecular weight excluding hydrogens is 470 g/mol. The molecule has 0 saturated heterocycles. The van der Waals surface area contributed by atoms with Crippen LogP contribution in [0.5, 0.6) is 0 Å². The zero-order chi connectivity index (χ0) is 26.0. The second kappa shape index (κ2) is 10.1. The second-order valence-corrected chi connectivity index (χ2v) is 8.57. The number of nitrogens with zero attached hydrogens (tertiary/aromatic N) is 5. The molecule has 13 heteroatoms. The second-order valence-electron chi connectivity index (χ2n) is 8.57. The summed E-state index contributed by atoms with van der Waals surface area (Å²) in [7, 11) is 0. The Morgan fingerprint density at radius 3 is 2.78 bits per heavy atom. The fraction of sp³-hybridized carbons (Fsp3) is 0.261. The highest BCUT2D eigenvalue weighted by atomic mass is 19.1. The van der Waals surface area contributed by atoms with E-state index >= 15 is 0 Å². The van der Waals surface area contributed by atoms with Gasteiger partial charge in [0.05, 0.1) is 17.9 Å². The minimum atomic E-state index is -0.711. The molecule has 11 nitrogen and oxygen atoms in total. The number of nitrogens with two attached hydrogens (primary N) is 2. The van der Waals surface area contributed by atoms with E-state index in [2.05, 4.69) is 15.5 Å². The van der Waals surface area contributed by atoms with Crippen LogP contribution in [0.15, 0.2) is 47.7 Å². The smallest absolute Gasteiger partial charge is 0.268 e. The molecule has 1 aliphatic carbocycles. The monoisotopic (exact) mass is 496 g/mol. The number of carbonyl (C=O) groups excluding carboxylic acids is 1. The van der Waals surface area contributed by atoms with E-state index < -0.39 is 17.5 Å². The zero-order valence-corrected chi connectivity index (χ0v) is 19.5. The molecule has 0 atom stereocenters. The standard InChI is InChI=1S/C23H26F2N10O/c1-13-2-5-20(35(12-26)32-28)17(21(13)25)7-30-23(36)19(27)11-34(29)10-16-9-33-8-15(14-3-4-14)6-18(24)22(33)31-16/h2,5-6,8-9,11-12,14,26,28H,3-4,7,10,27,29H2,1H3,(H,30,36)/b19-11-,26-12?,32-28?. The molecule has 4 rings (SSSR count). The quantitative estimate of drug-likeness (QED) is 0.0723. The Kier molecular flexibility index (Phi) is 6.92. The van der Waals surface area contributed by atoms with Crippen molar-refractivity contribution in [2.45, 2.75) is 38.8 Å². The molecule has 2 heterocycles. The molecule has 1 amide bonds. The van der Waals surface area contributed by atoms with E-state index in [1.54, 1.807) is 17.5 Å². The SMILES string of the molecule is Cc1ccc(N(C=N)N=N)c(CNC(=O)/C(N)=C/N(N)Cc2cn3cc(C4CC4)cc(F)c3n2)c1F. The number of carbonyl (C=O) groups is 1. The minimum absolute atomic E-state index is 0.0394. The Morgan fingerprint density at radius 2 is 2.11 bits per heavy atom. The van der Waals surface area contributed by atoms with Gasteiger partial charge in [0.2, 0.25) is 0 Å². The molecule has 1 aromatic carbocycles. The van der Waals surface area contributed by atoms with Crippen LogP contribution < -0.4 is 21.9 Å². The number of hydrogen-bond donors (Lipinski definition) is 5. The first-order chi connectivity index (χ1) is 17.2. The first-order valence-electron chi connectivity index (χ1n) is 11.1. The molecule has 188 valence electrons. The van der Waals surface area contributed by atoms with Crippen molar-refractivity contribution in [1.29, 1.82) is 10.9 Å². The van der Waals surface area contributed by atoms with Gasteiger partial charge in [-0.15, -0.1) is 0 Å². The average Bonchev–Trinajstić information content (AvgIpc) is 3.61. The molecule has 0 spiro atoms. The lowest BCUT2D eigenvalue weighted by molar-refractivity contribution is -0.117. The van der Waals surface area contributed by atoms with Gasteiger partial charge in [0, 0.05) is 30.7 Å². The summed E-state index contributed by atoms with van der Waals surface area (Å²) in [4.78, 5) is 16.8. The van der Waals surface area contributed by atoms with E-state index in [9.17, 15) is 13.6 Å². The number of rotatable bonds is 10. The molecule has 1 saturated carbocycles. The third-order valence-electron chi connectivity index (χ3n) is 5.85. The summed E-state index contributed by atoms with van der Waals surface area (Å²) in [5, 5.41) is 15.0. The Balaban J connectivity index is 1.43. The third-order valence-corrected chi connectivity index (χ3v) is 5.85. The van der Waals surface area contributed by atoms with Crippen LogP contribution in [-0.2, 0) is 17.9 Å². The number of hydrogen-bond acceptors (Lipinski definition) is 8. The molecule has 0 unspecified atom stereocenters. The van der Waals surface area contributed by atoms with Crippen molar-refractivity contribution in [3.63, 3.8) is 0 Å². The van der Waals surface area contributed by atoms with E-state index in [0.717, 1.165) is 34.8 Å². The van der Waals surface area contributed by atoms with Crippen molar-refractivity contribution in [2.24, 2.45) is 16.8 Å².